The Morgan fingerprint density at radius 1 is 1.05 bits per heavy atom. The third kappa shape index (κ3) is 7.99. The number of anilines is 1. The Bertz CT molecular complexity index is 3020. The average molecular weight is 936 g/mol. The van der Waals surface area contributed by atoms with Gasteiger partial charge in [0.05, 0.1) is 39.3 Å². The summed E-state index contributed by atoms with van der Waals surface area (Å²) >= 11 is 6.52. The minimum absolute atomic E-state index is 0.0606. The molecule has 2 N–H and O–H groups in total. The molecule has 6 aromatic rings. The van der Waals surface area contributed by atoms with E-state index < -0.39 is 129 Å². The number of amides is 1. The van der Waals surface area contributed by atoms with E-state index in [0.29, 0.717) is 10.7 Å². The van der Waals surface area contributed by atoms with Crippen molar-refractivity contribution < 1.29 is 61.9 Å². The number of alkyl halides is 8. The number of rotatable bonds is 14. The van der Waals surface area contributed by atoms with Gasteiger partial charge in [-0.05, 0) is 48.2 Å². The first kappa shape index (κ1) is 43.7. The number of carbonyl (C=O) groups excluding carboxylic acids is 1. The molecule has 0 aliphatic heterocycles. The minimum atomic E-state index is -4.64. The number of aromatic nitrogens is 7. The number of fused-ring (bicyclic) bond motifs is 5. The van der Waals surface area contributed by atoms with Crippen LogP contribution < -0.4 is 20.3 Å². The maximum absolute atomic E-state index is 15.5. The lowest BCUT2D eigenvalue weighted by Gasteiger charge is -2.24. The molecule has 8 rings (SSSR count). The van der Waals surface area contributed by atoms with E-state index in [4.69, 9.17) is 16.3 Å². The highest BCUT2D eigenvalue weighted by molar-refractivity contribution is 7.92. The van der Waals surface area contributed by atoms with Gasteiger partial charge in [0.25, 0.3) is 17.9 Å². The molecular weight excluding hydrogens is 908 g/mol. The molecule has 1 saturated carbocycles. The van der Waals surface area contributed by atoms with E-state index >= 15 is 8.78 Å². The van der Waals surface area contributed by atoms with E-state index in [1.807, 2.05) is 0 Å². The van der Waals surface area contributed by atoms with Crippen molar-refractivity contribution in [2.75, 3.05) is 17.6 Å². The van der Waals surface area contributed by atoms with Gasteiger partial charge in [-0.3, -0.25) is 28.2 Å². The quantitative estimate of drug-likeness (QED) is 0.113. The maximum atomic E-state index is 15.5. The Labute approximate surface area is 351 Å². The lowest BCUT2D eigenvalue weighted by molar-refractivity contribution is -0.148. The molecule has 2 aliphatic carbocycles. The number of nitrogens with one attached hydrogen (secondary N) is 2. The number of hydrogen-bond acceptors (Lipinski definition) is 9. The molecule has 0 saturated heterocycles. The number of sulfonamides is 1. The highest BCUT2D eigenvalue weighted by atomic mass is 35.5. The normalized spacial score (nSPS) is 17.4. The molecule has 4 heterocycles. The topological polar surface area (TPSA) is 168 Å². The summed E-state index contributed by atoms with van der Waals surface area (Å²) in [6.45, 7) is -2.99. The highest BCUT2D eigenvalue weighted by Gasteiger charge is 2.67. The van der Waals surface area contributed by atoms with Crippen molar-refractivity contribution in [1.82, 2.24) is 39.4 Å². The molecule has 3 atom stereocenters. The molecule has 0 unspecified atom stereocenters. The first-order valence-electron chi connectivity index (χ1n) is 18.3. The van der Waals surface area contributed by atoms with Gasteiger partial charge in [0.2, 0.25) is 21.8 Å². The maximum Gasteiger partial charge on any atom is 0.340 e. The first-order valence-corrected chi connectivity index (χ1v) is 20.6. The van der Waals surface area contributed by atoms with Crippen LogP contribution in [0.3, 0.4) is 0 Å². The number of aryl methyl sites for hydroxylation is 1. The summed E-state index contributed by atoms with van der Waals surface area (Å²) in [5.41, 5.74) is -4.35. The van der Waals surface area contributed by atoms with Crippen LogP contribution in [0.2, 0.25) is 5.02 Å². The summed E-state index contributed by atoms with van der Waals surface area (Å²) in [5.74, 6) is -15.5. The summed E-state index contributed by atoms with van der Waals surface area (Å²) in [4.78, 5) is 37.1. The van der Waals surface area contributed by atoms with Gasteiger partial charge in [0.1, 0.15) is 35.4 Å². The van der Waals surface area contributed by atoms with E-state index in [-0.39, 0.29) is 45.0 Å². The molecule has 1 amide bonds. The highest BCUT2D eigenvalue weighted by Crippen LogP contribution is 2.68. The van der Waals surface area contributed by atoms with Crippen molar-refractivity contribution >= 4 is 55.3 Å². The average Bonchev–Trinajstić information content (AvgIpc) is 3.72. The molecule has 4 aromatic heterocycles. The monoisotopic (exact) mass is 935 g/mol. The molecule has 14 nitrogen and oxygen atoms in total. The molecule has 26 heteroatoms. The van der Waals surface area contributed by atoms with Crippen molar-refractivity contribution in [2.24, 2.45) is 13.0 Å². The summed E-state index contributed by atoms with van der Waals surface area (Å²) in [7, 11) is -2.67. The zero-order valence-electron chi connectivity index (χ0n) is 32.0. The van der Waals surface area contributed by atoms with Crippen LogP contribution >= 0.6 is 11.6 Å². The van der Waals surface area contributed by atoms with Crippen LogP contribution in [0.1, 0.15) is 53.1 Å². The summed E-state index contributed by atoms with van der Waals surface area (Å²) in [5, 5.41) is 9.71. The molecule has 1 fully saturated rings. The number of ether oxygens (including phenoxy) is 1. The number of carbonyl (C=O) groups is 1. The van der Waals surface area contributed by atoms with Gasteiger partial charge in [-0.15, -0.1) is 0 Å². The van der Waals surface area contributed by atoms with Crippen LogP contribution in [-0.4, -0.2) is 73.6 Å². The van der Waals surface area contributed by atoms with Crippen LogP contribution in [0.15, 0.2) is 47.3 Å². The number of pyridine rings is 1. The Balaban J connectivity index is 1.33. The van der Waals surface area contributed by atoms with Crippen molar-refractivity contribution in [1.29, 1.82) is 0 Å². The molecule has 334 valence electrons. The van der Waals surface area contributed by atoms with E-state index in [1.165, 1.54) is 19.2 Å². The van der Waals surface area contributed by atoms with Gasteiger partial charge in [-0.25, -0.2) is 39.7 Å². The molecular formula is C37H28ClF10N9O5S. The van der Waals surface area contributed by atoms with Crippen LogP contribution in [0.4, 0.5) is 49.7 Å². The molecule has 63 heavy (non-hydrogen) atoms. The standard InChI is InChI=1S/C37H28ClF10N9O5S/c1-55-28-22(5-4-20(38)26(28)32(53-55)54-63(2,60)61)57-33(51-31-17(34(57)59)3-6-24(50-31)62-13-36(45,46)35(43)44)21(9-14-7-15(39)10-16(40)8-14)49-23(58)12-56-29-25(27(52-56)30(41)42)18-11-19(18)37(29,47)48/h3-8,10,18-19,21,30,35H,9,11-13H2,1-2H3,(H,49,58)(H,53,54)/t18-,19+,21-/m0/s1. The van der Waals surface area contributed by atoms with E-state index in [1.54, 1.807) is 0 Å². The molecule has 2 aromatic carbocycles. The predicted molar refractivity (Wildman–Crippen MR) is 202 cm³/mol. The van der Waals surface area contributed by atoms with Gasteiger partial charge >= 0.3 is 12.3 Å². The lowest BCUT2D eigenvalue weighted by atomic mass is 10.0. The van der Waals surface area contributed by atoms with Crippen LogP contribution in [0.25, 0.3) is 27.6 Å². The Morgan fingerprint density at radius 2 is 1.75 bits per heavy atom. The van der Waals surface area contributed by atoms with E-state index in [2.05, 4.69) is 30.2 Å². The van der Waals surface area contributed by atoms with Gasteiger partial charge in [0.15, 0.2) is 18.1 Å². The number of hydrogen-bond donors (Lipinski definition) is 2. The van der Waals surface area contributed by atoms with Gasteiger partial charge < -0.3 is 10.1 Å². The Kier molecular flexibility index (Phi) is 10.7. The molecule has 0 bridgehead atoms. The SMILES string of the molecule is Cn1nc(NS(C)(=O)=O)c2c(Cl)ccc(-n3c([C@H](Cc4cc(F)cc(F)c4)NC(=O)Cn4nc(C(F)F)c5c4C(F)(F)[C@@H]4C[C@H]54)nc4nc(OCC(F)(F)C(F)F)ccc4c3=O)c21. The van der Waals surface area contributed by atoms with Crippen molar-refractivity contribution in [3.05, 3.63) is 97.8 Å². The second-order valence-electron chi connectivity index (χ2n) is 14.9. The van der Waals surface area contributed by atoms with Crippen molar-refractivity contribution in [3.8, 4) is 11.6 Å². The largest absolute Gasteiger partial charge is 0.471 e. The van der Waals surface area contributed by atoms with E-state index in [0.717, 1.165) is 39.8 Å². The summed E-state index contributed by atoms with van der Waals surface area (Å²) < 4.78 is 176. The molecule has 2 aliphatic rings. The fraction of sp³-hybridized carbons (Fsp3) is 0.351. The van der Waals surface area contributed by atoms with Crippen LogP contribution in [-0.2, 0) is 40.8 Å². The zero-order chi connectivity index (χ0) is 45.7. The van der Waals surface area contributed by atoms with E-state index in [9.17, 15) is 53.1 Å². The van der Waals surface area contributed by atoms with Gasteiger partial charge in [-0.1, -0.05) is 11.6 Å². The second kappa shape index (κ2) is 15.4. The van der Waals surface area contributed by atoms with Gasteiger partial charge in [0, 0.05) is 37.1 Å². The van der Waals surface area contributed by atoms with Crippen LogP contribution in [0, 0.1) is 17.6 Å². The third-order valence-electron chi connectivity index (χ3n) is 10.4. The molecule has 0 spiro atoms. The van der Waals surface area contributed by atoms with Gasteiger partial charge in [-0.2, -0.15) is 32.7 Å². The fourth-order valence-electron chi connectivity index (χ4n) is 7.76. The Hall–Kier alpha value is -5.98. The predicted octanol–water partition coefficient (Wildman–Crippen LogP) is 6.69. The molecule has 0 radical (unpaired) electrons. The zero-order valence-corrected chi connectivity index (χ0v) is 33.6. The van der Waals surface area contributed by atoms with Crippen LogP contribution in [0.5, 0.6) is 5.88 Å². The summed E-state index contributed by atoms with van der Waals surface area (Å²) in [6, 6.07) is 4.77. The number of nitrogens with zero attached hydrogens (tertiary/aromatic N) is 7. The smallest absolute Gasteiger partial charge is 0.340 e. The first-order chi connectivity index (χ1) is 29.4. The third-order valence-corrected chi connectivity index (χ3v) is 11.3. The number of halogens is 11. The van der Waals surface area contributed by atoms with Crippen molar-refractivity contribution in [3.63, 3.8) is 0 Å². The summed E-state index contributed by atoms with van der Waals surface area (Å²) in [6.07, 6.45) is -7.35. The van der Waals surface area contributed by atoms with Crippen molar-refractivity contribution in [2.45, 2.75) is 56.0 Å². The minimum Gasteiger partial charge on any atom is -0.471 e. The Morgan fingerprint density at radius 3 is 2.40 bits per heavy atom. The number of benzene rings is 2. The fourth-order valence-corrected chi connectivity index (χ4v) is 8.49. The second-order valence-corrected chi connectivity index (χ2v) is 17.1. The lowest BCUT2D eigenvalue weighted by Crippen LogP contribution is -2.38.